The summed E-state index contributed by atoms with van der Waals surface area (Å²) in [5.74, 6) is 0. The van der Waals surface area contributed by atoms with Gasteiger partial charge in [-0.3, -0.25) is 4.98 Å². The Morgan fingerprint density at radius 1 is 0.826 bits per heavy atom. The summed E-state index contributed by atoms with van der Waals surface area (Å²) in [5, 5.41) is -0.610. The molecule has 0 amide bonds. The molecule has 1 nitrogen and oxygen atoms in total. The highest BCUT2D eigenvalue weighted by Crippen LogP contribution is 2.46. The fourth-order valence-electron chi connectivity index (χ4n) is 1.94. The van der Waals surface area contributed by atoms with Crippen molar-refractivity contribution in [2.24, 2.45) is 0 Å². The number of alkyl halides is 6. The summed E-state index contributed by atoms with van der Waals surface area (Å²) in [6.45, 7) is 0. The van der Waals surface area contributed by atoms with E-state index in [2.05, 4.69) is 4.98 Å². The Balaban J connectivity index is 2.89. The second-order valence-corrected chi connectivity index (χ2v) is 5.55. The highest BCUT2D eigenvalue weighted by molar-refractivity contribution is 6.45. The van der Waals surface area contributed by atoms with Gasteiger partial charge in [0.2, 0.25) is 0 Å². The standard InChI is InChI=1S/C13H4Cl3F6N/c14-5-3-7(10(16)8(15)4-5)6-1-2-23-11(13(20,21)22)9(6)12(17,18)19/h1-4H. The van der Waals surface area contributed by atoms with Crippen molar-refractivity contribution in [3.8, 4) is 11.1 Å². The molecule has 23 heavy (non-hydrogen) atoms. The molecule has 0 N–H and O–H groups in total. The second-order valence-electron chi connectivity index (χ2n) is 4.33. The van der Waals surface area contributed by atoms with Crippen LogP contribution in [0.3, 0.4) is 0 Å². The van der Waals surface area contributed by atoms with Crippen LogP contribution in [0.1, 0.15) is 11.3 Å². The SMILES string of the molecule is FC(F)(F)c1nccc(-c2cc(Cl)cc(Cl)c2Cl)c1C(F)(F)F. The molecule has 0 radical (unpaired) electrons. The number of halogens is 9. The van der Waals surface area contributed by atoms with Gasteiger partial charge in [0.1, 0.15) is 0 Å². The number of nitrogens with zero attached hydrogens (tertiary/aromatic N) is 1. The Morgan fingerprint density at radius 3 is 1.96 bits per heavy atom. The minimum Gasteiger partial charge on any atom is -0.251 e. The molecule has 1 aromatic carbocycles. The lowest BCUT2D eigenvalue weighted by Crippen LogP contribution is -2.19. The van der Waals surface area contributed by atoms with Gasteiger partial charge in [0.05, 0.1) is 15.6 Å². The highest BCUT2D eigenvalue weighted by atomic mass is 35.5. The summed E-state index contributed by atoms with van der Waals surface area (Å²) in [5.41, 5.74) is -5.19. The number of aromatic nitrogens is 1. The minimum atomic E-state index is -5.31. The van der Waals surface area contributed by atoms with Crippen LogP contribution in [0.5, 0.6) is 0 Å². The van der Waals surface area contributed by atoms with E-state index >= 15 is 0 Å². The molecule has 1 heterocycles. The van der Waals surface area contributed by atoms with Gasteiger partial charge in [0.25, 0.3) is 0 Å². The van der Waals surface area contributed by atoms with Gasteiger partial charge < -0.3 is 0 Å². The van der Waals surface area contributed by atoms with E-state index in [9.17, 15) is 26.3 Å². The van der Waals surface area contributed by atoms with Crippen LogP contribution in [0.25, 0.3) is 11.1 Å². The molecule has 0 bridgehead atoms. The molecule has 0 saturated carbocycles. The lowest BCUT2D eigenvalue weighted by atomic mass is 9.98. The first kappa shape index (κ1) is 18.2. The third kappa shape index (κ3) is 3.67. The fraction of sp³-hybridized carbons (Fsp3) is 0.154. The van der Waals surface area contributed by atoms with Crippen molar-refractivity contribution >= 4 is 34.8 Å². The van der Waals surface area contributed by atoms with Crippen LogP contribution in [0.4, 0.5) is 26.3 Å². The van der Waals surface area contributed by atoms with Crippen LogP contribution in [0.2, 0.25) is 15.1 Å². The molecule has 1 aromatic heterocycles. The van der Waals surface area contributed by atoms with Gasteiger partial charge in [-0.2, -0.15) is 26.3 Å². The van der Waals surface area contributed by atoms with Gasteiger partial charge in [0, 0.05) is 16.8 Å². The molecule has 0 saturated heterocycles. The largest absolute Gasteiger partial charge is 0.433 e. The number of hydrogen-bond donors (Lipinski definition) is 0. The van der Waals surface area contributed by atoms with Crippen LogP contribution < -0.4 is 0 Å². The predicted molar refractivity (Wildman–Crippen MR) is 74.7 cm³/mol. The Labute approximate surface area is 140 Å². The van der Waals surface area contributed by atoms with Crippen LogP contribution in [-0.4, -0.2) is 4.98 Å². The normalized spacial score (nSPS) is 12.6. The topological polar surface area (TPSA) is 12.9 Å². The lowest BCUT2D eigenvalue weighted by Gasteiger charge is -2.19. The zero-order chi connectivity index (χ0) is 17.6. The first-order valence-electron chi connectivity index (χ1n) is 5.71. The van der Waals surface area contributed by atoms with Crippen molar-refractivity contribution in [2.75, 3.05) is 0 Å². The fourth-order valence-corrected chi connectivity index (χ4v) is 2.64. The van der Waals surface area contributed by atoms with E-state index in [1.165, 1.54) is 0 Å². The first-order chi connectivity index (χ1) is 10.4. The van der Waals surface area contributed by atoms with Crippen molar-refractivity contribution < 1.29 is 26.3 Å². The smallest absolute Gasteiger partial charge is 0.251 e. The quantitative estimate of drug-likeness (QED) is 0.385. The number of hydrogen-bond acceptors (Lipinski definition) is 1. The summed E-state index contributed by atoms with van der Waals surface area (Å²) >= 11 is 17.3. The molecule has 0 aliphatic rings. The van der Waals surface area contributed by atoms with E-state index in [0.717, 1.165) is 18.2 Å². The van der Waals surface area contributed by atoms with Gasteiger partial charge in [-0.15, -0.1) is 0 Å². The summed E-state index contributed by atoms with van der Waals surface area (Å²) in [4.78, 5) is 2.82. The first-order valence-corrected chi connectivity index (χ1v) is 6.84. The van der Waals surface area contributed by atoms with Gasteiger partial charge in [-0.1, -0.05) is 34.8 Å². The highest BCUT2D eigenvalue weighted by Gasteiger charge is 2.46. The van der Waals surface area contributed by atoms with Crippen LogP contribution in [0.15, 0.2) is 24.4 Å². The summed E-state index contributed by atoms with van der Waals surface area (Å²) in [7, 11) is 0. The van der Waals surface area contributed by atoms with E-state index in [1.807, 2.05) is 0 Å². The number of pyridine rings is 1. The van der Waals surface area contributed by atoms with Gasteiger partial charge >= 0.3 is 12.4 Å². The predicted octanol–water partition coefficient (Wildman–Crippen LogP) is 6.75. The number of benzene rings is 1. The van der Waals surface area contributed by atoms with Gasteiger partial charge in [0.15, 0.2) is 5.69 Å². The maximum Gasteiger partial charge on any atom is 0.433 e. The van der Waals surface area contributed by atoms with E-state index in [-0.39, 0.29) is 20.6 Å². The number of rotatable bonds is 1. The van der Waals surface area contributed by atoms with Crippen molar-refractivity contribution in [3.05, 3.63) is 50.7 Å². The molecule has 0 spiro atoms. The average molecular weight is 395 g/mol. The van der Waals surface area contributed by atoms with Crippen LogP contribution >= 0.6 is 34.8 Å². The molecular formula is C13H4Cl3F6N. The molecule has 124 valence electrons. The van der Waals surface area contributed by atoms with Crippen molar-refractivity contribution in [1.29, 1.82) is 0 Å². The molecule has 10 heteroatoms. The third-order valence-electron chi connectivity index (χ3n) is 2.79. The zero-order valence-electron chi connectivity index (χ0n) is 10.7. The summed E-state index contributed by atoms with van der Waals surface area (Å²) < 4.78 is 78.3. The molecule has 0 atom stereocenters. The molecule has 0 fully saturated rings. The Hall–Kier alpha value is -1.18. The van der Waals surface area contributed by atoms with Gasteiger partial charge in [-0.05, 0) is 23.8 Å². The van der Waals surface area contributed by atoms with Gasteiger partial charge in [-0.25, -0.2) is 0 Å². The Bertz CT molecular complexity index is 755. The van der Waals surface area contributed by atoms with E-state index in [4.69, 9.17) is 34.8 Å². The molecule has 0 aliphatic heterocycles. The maximum atomic E-state index is 13.2. The Morgan fingerprint density at radius 2 is 1.43 bits per heavy atom. The van der Waals surface area contributed by atoms with Crippen molar-refractivity contribution in [2.45, 2.75) is 12.4 Å². The monoisotopic (exact) mass is 393 g/mol. The van der Waals surface area contributed by atoms with Crippen LogP contribution in [-0.2, 0) is 12.4 Å². The van der Waals surface area contributed by atoms with E-state index in [1.54, 1.807) is 0 Å². The van der Waals surface area contributed by atoms with Crippen molar-refractivity contribution in [3.63, 3.8) is 0 Å². The summed E-state index contributed by atoms with van der Waals surface area (Å²) in [6, 6.07) is 2.93. The molecule has 0 aliphatic carbocycles. The average Bonchev–Trinajstić information content (AvgIpc) is 2.40. The molecule has 2 aromatic rings. The second kappa shape index (κ2) is 6.03. The summed E-state index contributed by atoms with van der Waals surface area (Å²) in [6.07, 6.45) is -10.00. The Kier molecular flexibility index (Phi) is 4.76. The minimum absolute atomic E-state index is 0.0760. The zero-order valence-corrected chi connectivity index (χ0v) is 12.9. The van der Waals surface area contributed by atoms with Crippen LogP contribution in [0, 0.1) is 0 Å². The lowest BCUT2D eigenvalue weighted by molar-refractivity contribution is -0.164. The molecule has 2 rings (SSSR count). The van der Waals surface area contributed by atoms with Crippen molar-refractivity contribution in [1.82, 2.24) is 4.98 Å². The molecular weight excluding hydrogens is 390 g/mol. The van der Waals surface area contributed by atoms with E-state index < -0.39 is 29.2 Å². The third-order valence-corrected chi connectivity index (χ3v) is 3.81. The van der Waals surface area contributed by atoms with E-state index in [0.29, 0.717) is 6.20 Å². The maximum absolute atomic E-state index is 13.2. The molecule has 0 unspecified atom stereocenters.